The molecule has 0 aliphatic carbocycles. The molecule has 6 nitrogen and oxygen atoms in total. The number of hydrogen-bond donors (Lipinski definition) is 0. The lowest BCUT2D eigenvalue weighted by molar-refractivity contribution is 0.0783. The van der Waals surface area contributed by atoms with Gasteiger partial charge < -0.3 is 9.30 Å². The normalized spacial score (nSPS) is 14.1. The zero-order valence-electron chi connectivity index (χ0n) is 14.8. The smallest absolute Gasteiger partial charge is 0.272 e. The Morgan fingerprint density at radius 3 is 2.59 bits per heavy atom. The van der Waals surface area contributed by atoms with Gasteiger partial charge in [-0.2, -0.15) is 5.10 Å². The third-order valence-corrected chi connectivity index (χ3v) is 5.10. The van der Waals surface area contributed by atoms with E-state index < -0.39 is 0 Å². The molecule has 0 spiro atoms. The second-order valence-corrected chi connectivity index (χ2v) is 6.77. The molecule has 1 aliphatic rings. The van der Waals surface area contributed by atoms with Gasteiger partial charge in [-0.3, -0.25) is 9.78 Å². The molecule has 6 heteroatoms. The van der Waals surface area contributed by atoms with Crippen molar-refractivity contribution in [3.8, 4) is 16.9 Å². The highest BCUT2D eigenvalue weighted by Gasteiger charge is 2.23. The van der Waals surface area contributed by atoms with Crippen LogP contribution in [0.5, 0.6) is 0 Å². The van der Waals surface area contributed by atoms with E-state index in [9.17, 15) is 4.79 Å². The molecule has 0 bridgehead atoms. The van der Waals surface area contributed by atoms with Gasteiger partial charge in [0.05, 0.1) is 6.20 Å². The maximum absolute atomic E-state index is 12.9. The minimum absolute atomic E-state index is 0.0448. The van der Waals surface area contributed by atoms with Gasteiger partial charge in [0.2, 0.25) is 0 Å². The molecule has 1 saturated heterocycles. The van der Waals surface area contributed by atoms with Crippen LogP contribution in [0.3, 0.4) is 0 Å². The third kappa shape index (κ3) is 2.70. The monoisotopic (exact) mass is 357 g/mol. The molecule has 5 rings (SSSR count). The summed E-state index contributed by atoms with van der Waals surface area (Å²) < 4.78 is 3.80. The van der Waals surface area contributed by atoms with Crippen LogP contribution in [0.25, 0.3) is 22.5 Å². The quantitative estimate of drug-likeness (QED) is 0.564. The number of carbonyl (C=O) groups excluding carboxylic acids is 1. The largest absolute Gasteiger partial charge is 0.337 e. The summed E-state index contributed by atoms with van der Waals surface area (Å²) in [5, 5.41) is 4.44. The average molecular weight is 357 g/mol. The fraction of sp³-hybridized carbons (Fsp3) is 0.190. The van der Waals surface area contributed by atoms with E-state index in [1.807, 2.05) is 35.4 Å². The van der Waals surface area contributed by atoms with E-state index in [1.54, 1.807) is 23.1 Å². The van der Waals surface area contributed by atoms with Crippen molar-refractivity contribution < 1.29 is 4.79 Å². The molecule has 4 aromatic rings. The van der Waals surface area contributed by atoms with Gasteiger partial charge in [-0.05, 0) is 48.7 Å². The molecular formula is C21H19N5O. The van der Waals surface area contributed by atoms with E-state index in [-0.39, 0.29) is 5.91 Å². The first-order valence-corrected chi connectivity index (χ1v) is 9.16. The van der Waals surface area contributed by atoms with Gasteiger partial charge in [-0.25, -0.2) is 4.68 Å². The molecule has 1 aliphatic heterocycles. The summed E-state index contributed by atoms with van der Waals surface area (Å²) in [5.74, 6) is 0.895. The maximum atomic E-state index is 12.9. The van der Waals surface area contributed by atoms with Crippen molar-refractivity contribution >= 4 is 11.4 Å². The van der Waals surface area contributed by atoms with Crippen LogP contribution in [0, 0.1) is 0 Å². The first-order chi connectivity index (χ1) is 13.3. The molecule has 1 fully saturated rings. The molecular weight excluding hydrogens is 338 g/mol. The number of aromatic nitrogens is 4. The SMILES string of the molecule is O=C(c1ccnn1-c1ccc2ccc(-c3cccnc3)cn12)N1CCCC1. The molecule has 0 aromatic carbocycles. The Bertz CT molecular complexity index is 1110. The Balaban J connectivity index is 1.60. The van der Waals surface area contributed by atoms with Crippen molar-refractivity contribution in [2.75, 3.05) is 13.1 Å². The van der Waals surface area contributed by atoms with Crippen LogP contribution in [-0.2, 0) is 0 Å². The predicted molar refractivity (Wildman–Crippen MR) is 103 cm³/mol. The van der Waals surface area contributed by atoms with Gasteiger partial charge >= 0.3 is 0 Å². The number of fused-ring (bicyclic) bond motifs is 1. The van der Waals surface area contributed by atoms with Crippen LogP contribution < -0.4 is 0 Å². The van der Waals surface area contributed by atoms with Crippen LogP contribution in [-0.4, -0.2) is 43.1 Å². The number of likely N-dealkylation sites (tertiary alicyclic amines) is 1. The minimum Gasteiger partial charge on any atom is -0.337 e. The molecule has 0 saturated carbocycles. The van der Waals surface area contributed by atoms with Crippen molar-refractivity contribution in [2.24, 2.45) is 0 Å². The van der Waals surface area contributed by atoms with E-state index in [4.69, 9.17) is 0 Å². The lowest BCUT2D eigenvalue weighted by Gasteiger charge is -2.16. The average Bonchev–Trinajstić information content (AvgIpc) is 3.47. The van der Waals surface area contributed by atoms with Crippen molar-refractivity contribution in [2.45, 2.75) is 12.8 Å². The van der Waals surface area contributed by atoms with Crippen LogP contribution in [0.1, 0.15) is 23.3 Å². The number of nitrogens with zero attached hydrogens (tertiary/aromatic N) is 5. The summed E-state index contributed by atoms with van der Waals surface area (Å²) in [7, 11) is 0. The van der Waals surface area contributed by atoms with E-state index in [1.165, 1.54) is 0 Å². The Morgan fingerprint density at radius 2 is 1.78 bits per heavy atom. The zero-order valence-corrected chi connectivity index (χ0v) is 14.8. The Labute approximate surface area is 156 Å². The molecule has 4 aromatic heterocycles. The number of hydrogen-bond acceptors (Lipinski definition) is 3. The lowest BCUT2D eigenvalue weighted by Crippen LogP contribution is -2.29. The Kier molecular flexibility index (Phi) is 3.74. The summed E-state index contributed by atoms with van der Waals surface area (Å²) >= 11 is 0. The molecule has 1 amide bonds. The molecule has 5 heterocycles. The van der Waals surface area contributed by atoms with Crippen LogP contribution in [0.4, 0.5) is 0 Å². The second-order valence-electron chi connectivity index (χ2n) is 6.77. The molecule has 27 heavy (non-hydrogen) atoms. The van der Waals surface area contributed by atoms with Crippen molar-refractivity contribution in [3.63, 3.8) is 0 Å². The molecule has 0 atom stereocenters. The fourth-order valence-electron chi connectivity index (χ4n) is 3.69. The molecule has 134 valence electrons. The number of rotatable bonds is 3. The van der Waals surface area contributed by atoms with E-state index >= 15 is 0 Å². The van der Waals surface area contributed by atoms with Crippen molar-refractivity contribution in [3.05, 3.63) is 72.9 Å². The highest BCUT2D eigenvalue weighted by Crippen LogP contribution is 2.23. The Morgan fingerprint density at radius 1 is 0.926 bits per heavy atom. The number of amides is 1. The molecule has 0 unspecified atom stereocenters. The van der Waals surface area contributed by atoms with Gasteiger partial charge in [0.15, 0.2) is 0 Å². The third-order valence-electron chi connectivity index (χ3n) is 5.10. The fourth-order valence-corrected chi connectivity index (χ4v) is 3.69. The van der Waals surface area contributed by atoms with Crippen LogP contribution >= 0.6 is 0 Å². The second kappa shape index (κ2) is 6.39. The number of pyridine rings is 2. The standard InChI is InChI=1S/C21H19N5O/c27-21(24-12-1-2-13-24)19-9-11-23-26(19)20-8-7-18-6-5-17(15-25(18)20)16-4-3-10-22-14-16/h3-11,14-15H,1-2,12-13H2. The number of carbonyl (C=O) groups is 1. The van der Waals surface area contributed by atoms with Gasteiger partial charge in [-0.1, -0.05) is 12.1 Å². The summed E-state index contributed by atoms with van der Waals surface area (Å²) in [5.41, 5.74) is 3.76. The lowest BCUT2D eigenvalue weighted by atomic mass is 10.1. The zero-order chi connectivity index (χ0) is 18.2. The van der Waals surface area contributed by atoms with Crippen LogP contribution in [0.15, 0.2) is 67.3 Å². The van der Waals surface area contributed by atoms with E-state index in [0.717, 1.165) is 48.4 Å². The minimum atomic E-state index is 0.0448. The van der Waals surface area contributed by atoms with Gasteiger partial charge in [0.1, 0.15) is 11.5 Å². The van der Waals surface area contributed by atoms with E-state index in [2.05, 4.69) is 32.8 Å². The van der Waals surface area contributed by atoms with Gasteiger partial charge in [-0.15, -0.1) is 0 Å². The highest BCUT2D eigenvalue weighted by atomic mass is 16.2. The molecule has 0 radical (unpaired) electrons. The van der Waals surface area contributed by atoms with Crippen molar-refractivity contribution in [1.82, 2.24) is 24.1 Å². The summed E-state index contributed by atoms with van der Waals surface area (Å²) in [6.45, 7) is 1.65. The van der Waals surface area contributed by atoms with Crippen molar-refractivity contribution in [1.29, 1.82) is 0 Å². The first-order valence-electron chi connectivity index (χ1n) is 9.16. The molecule has 0 N–H and O–H groups in total. The first kappa shape index (κ1) is 15.8. The summed E-state index contributed by atoms with van der Waals surface area (Å²) in [6.07, 6.45) is 9.51. The summed E-state index contributed by atoms with van der Waals surface area (Å²) in [6, 6.07) is 13.9. The van der Waals surface area contributed by atoms with Crippen LogP contribution in [0.2, 0.25) is 0 Å². The van der Waals surface area contributed by atoms with E-state index in [0.29, 0.717) is 5.69 Å². The predicted octanol–water partition coefficient (Wildman–Crippen LogP) is 3.42. The Hall–Kier alpha value is -3.41. The highest BCUT2D eigenvalue weighted by molar-refractivity contribution is 5.93. The summed E-state index contributed by atoms with van der Waals surface area (Å²) in [4.78, 5) is 19.0. The van der Waals surface area contributed by atoms with Gasteiger partial charge in [0.25, 0.3) is 5.91 Å². The van der Waals surface area contributed by atoms with Gasteiger partial charge in [0, 0.05) is 42.8 Å². The topological polar surface area (TPSA) is 55.4 Å². The maximum Gasteiger partial charge on any atom is 0.272 e.